The molecule has 0 bridgehead atoms. The average molecular weight is 253 g/mol. The first-order chi connectivity index (χ1) is 8.81. The summed E-state index contributed by atoms with van der Waals surface area (Å²) in [6, 6.07) is 1.51. The van der Waals surface area contributed by atoms with Crippen molar-refractivity contribution in [2.75, 3.05) is 7.11 Å². The highest BCUT2D eigenvalue weighted by molar-refractivity contribution is 4.85. The molecule has 0 aromatic heterocycles. The standard InChI is InChI=1S/C16H31NO/c1-3-5-13-6-4-7-14(9-8-13)17-15-10-11-16(12-15)18-2/h13-17H,3-12H2,1-2H3. The molecule has 0 spiro atoms. The Labute approximate surface area is 113 Å². The van der Waals surface area contributed by atoms with E-state index in [2.05, 4.69) is 12.2 Å². The molecule has 0 amide bonds. The van der Waals surface area contributed by atoms with Crippen LogP contribution in [0.25, 0.3) is 0 Å². The van der Waals surface area contributed by atoms with E-state index in [9.17, 15) is 0 Å². The molecule has 0 saturated heterocycles. The number of ether oxygens (including phenoxy) is 1. The molecule has 0 radical (unpaired) electrons. The van der Waals surface area contributed by atoms with E-state index < -0.39 is 0 Å². The summed E-state index contributed by atoms with van der Waals surface area (Å²) in [5.41, 5.74) is 0. The molecule has 106 valence electrons. The van der Waals surface area contributed by atoms with Crippen LogP contribution in [-0.4, -0.2) is 25.3 Å². The van der Waals surface area contributed by atoms with Crippen LogP contribution in [0.5, 0.6) is 0 Å². The molecule has 0 heterocycles. The molecule has 1 N–H and O–H groups in total. The fourth-order valence-electron chi connectivity index (χ4n) is 3.88. The number of hydrogen-bond acceptors (Lipinski definition) is 2. The van der Waals surface area contributed by atoms with Crippen molar-refractivity contribution in [2.45, 2.75) is 89.3 Å². The second-order valence-corrected chi connectivity index (χ2v) is 6.39. The van der Waals surface area contributed by atoms with Crippen LogP contribution in [0.3, 0.4) is 0 Å². The van der Waals surface area contributed by atoms with Crippen LogP contribution in [0.2, 0.25) is 0 Å². The lowest BCUT2D eigenvalue weighted by molar-refractivity contribution is 0.106. The van der Waals surface area contributed by atoms with Crippen molar-refractivity contribution in [3.8, 4) is 0 Å². The Morgan fingerprint density at radius 2 is 1.83 bits per heavy atom. The van der Waals surface area contributed by atoms with Crippen molar-refractivity contribution in [1.29, 1.82) is 0 Å². The Kier molecular flexibility index (Phi) is 5.97. The van der Waals surface area contributed by atoms with Crippen molar-refractivity contribution in [3.63, 3.8) is 0 Å². The van der Waals surface area contributed by atoms with Gasteiger partial charge in [-0.25, -0.2) is 0 Å². The third-order valence-electron chi connectivity index (χ3n) is 4.97. The summed E-state index contributed by atoms with van der Waals surface area (Å²) in [5.74, 6) is 1.01. The van der Waals surface area contributed by atoms with Gasteiger partial charge in [0, 0.05) is 19.2 Å². The van der Waals surface area contributed by atoms with Crippen LogP contribution >= 0.6 is 0 Å². The second kappa shape index (κ2) is 7.49. The van der Waals surface area contributed by atoms with Crippen molar-refractivity contribution in [2.24, 2.45) is 5.92 Å². The predicted molar refractivity (Wildman–Crippen MR) is 76.8 cm³/mol. The van der Waals surface area contributed by atoms with Crippen molar-refractivity contribution in [3.05, 3.63) is 0 Å². The van der Waals surface area contributed by atoms with Crippen LogP contribution < -0.4 is 5.32 Å². The van der Waals surface area contributed by atoms with Crippen LogP contribution in [0.15, 0.2) is 0 Å². The average Bonchev–Trinajstić information content (AvgIpc) is 2.71. The molecule has 2 nitrogen and oxygen atoms in total. The van der Waals surface area contributed by atoms with Gasteiger partial charge in [-0.3, -0.25) is 0 Å². The fourth-order valence-corrected chi connectivity index (χ4v) is 3.88. The highest BCUT2D eigenvalue weighted by Crippen LogP contribution is 2.28. The molecular formula is C16H31NO. The van der Waals surface area contributed by atoms with Gasteiger partial charge in [0.15, 0.2) is 0 Å². The minimum atomic E-state index is 0.515. The third kappa shape index (κ3) is 4.24. The maximum atomic E-state index is 5.46. The first-order valence-corrected chi connectivity index (χ1v) is 8.10. The molecule has 2 saturated carbocycles. The van der Waals surface area contributed by atoms with E-state index in [1.165, 1.54) is 64.2 Å². The zero-order chi connectivity index (χ0) is 12.8. The van der Waals surface area contributed by atoms with E-state index in [-0.39, 0.29) is 0 Å². The van der Waals surface area contributed by atoms with Crippen LogP contribution in [0.4, 0.5) is 0 Å². The SMILES string of the molecule is CCCC1CCCC(NC2CCC(OC)C2)CC1. The highest BCUT2D eigenvalue weighted by atomic mass is 16.5. The van der Waals surface area contributed by atoms with Gasteiger partial charge >= 0.3 is 0 Å². The van der Waals surface area contributed by atoms with E-state index >= 15 is 0 Å². The Hall–Kier alpha value is -0.0800. The fraction of sp³-hybridized carbons (Fsp3) is 1.00. The number of methoxy groups -OCH3 is 1. The molecule has 2 aliphatic carbocycles. The highest BCUT2D eigenvalue weighted by Gasteiger charge is 2.27. The maximum Gasteiger partial charge on any atom is 0.0586 e. The predicted octanol–water partition coefficient (Wildman–Crippen LogP) is 3.89. The molecule has 18 heavy (non-hydrogen) atoms. The Morgan fingerprint density at radius 1 is 1.00 bits per heavy atom. The normalized spacial score (nSPS) is 37.7. The summed E-state index contributed by atoms with van der Waals surface area (Å²) in [7, 11) is 1.86. The largest absolute Gasteiger partial charge is 0.381 e. The summed E-state index contributed by atoms with van der Waals surface area (Å²) in [5, 5.41) is 3.90. The van der Waals surface area contributed by atoms with E-state index in [4.69, 9.17) is 4.74 Å². The molecule has 2 heteroatoms. The van der Waals surface area contributed by atoms with Crippen molar-refractivity contribution >= 4 is 0 Å². The molecule has 0 aromatic rings. The van der Waals surface area contributed by atoms with Gasteiger partial charge in [-0.2, -0.15) is 0 Å². The minimum absolute atomic E-state index is 0.515. The Balaban J connectivity index is 1.70. The van der Waals surface area contributed by atoms with Gasteiger partial charge in [-0.1, -0.05) is 32.6 Å². The van der Waals surface area contributed by atoms with E-state index in [0.717, 1.165) is 18.0 Å². The van der Waals surface area contributed by atoms with Crippen molar-refractivity contribution < 1.29 is 4.74 Å². The maximum absolute atomic E-state index is 5.46. The van der Waals surface area contributed by atoms with Crippen LogP contribution in [-0.2, 0) is 4.74 Å². The molecule has 4 atom stereocenters. The molecule has 0 aromatic carbocycles. The quantitative estimate of drug-likeness (QED) is 0.750. The summed E-state index contributed by atoms with van der Waals surface area (Å²) in [6.07, 6.45) is 14.3. The molecule has 2 fully saturated rings. The molecule has 2 rings (SSSR count). The molecule has 4 unspecified atom stereocenters. The van der Waals surface area contributed by atoms with Gasteiger partial charge in [-0.05, 0) is 44.4 Å². The van der Waals surface area contributed by atoms with Crippen molar-refractivity contribution in [1.82, 2.24) is 5.32 Å². The van der Waals surface area contributed by atoms with Gasteiger partial charge < -0.3 is 10.1 Å². The molecular weight excluding hydrogens is 222 g/mol. The van der Waals surface area contributed by atoms with Gasteiger partial charge in [0.25, 0.3) is 0 Å². The van der Waals surface area contributed by atoms with Crippen LogP contribution in [0.1, 0.15) is 71.1 Å². The molecule has 2 aliphatic rings. The number of nitrogens with one attached hydrogen (secondary N) is 1. The van der Waals surface area contributed by atoms with Gasteiger partial charge in [0.05, 0.1) is 6.10 Å². The number of hydrogen-bond donors (Lipinski definition) is 1. The summed E-state index contributed by atoms with van der Waals surface area (Å²) in [4.78, 5) is 0. The summed E-state index contributed by atoms with van der Waals surface area (Å²) in [6.45, 7) is 2.32. The monoisotopic (exact) mass is 253 g/mol. The van der Waals surface area contributed by atoms with E-state index in [1.54, 1.807) is 0 Å². The Morgan fingerprint density at radius 3 is 2.56 bits per heavy atom. The van der Waals surface area contributed by atoms with Gasteiger partial charge in [0.2, 0.25) is 0 Å². The minimum Gasteiger partial charge on any atom is -0.381 e. The number of rotatable bonds is 5. The van der Waals surface area contributed by atoms with Gasteiger partial charge in [0.1, 0.15) is 0 Å². The zero-order valence-electron chi connectivity index (χ0n) is 12.3. The topological polar surface area (TPSA) is 21.3 Å². The zero-order valence-corrected chi connectivity index (χ0v) is 12.3. The summed E-state index contributed by atoms with van der Waals surface area (Å²) < 4.78 is 5.46. The van der Waals surface area contributed by atoms with Crippen LogP contribution in [0, 0.1) is 5.92 Å². The van der Waals surface area contributed by atoms with E-state index in [1.807, 2.05) is 7.11 Å². The first-order valence-electron chi connectivity index (χ1n) is 8.10. The lowest BCUT2D eigenvalue weighted by Gasteiger charge is -2.22. The smallest absolute Gasteiger partial charge is 0.0586 e. The third-order valence-corrected chi connectivity index (χ3v) is 4.97. The summed E-state index contributed by atoms with van der Waals surface area (Å²) >= 11 is 0. The molecule has 0 aliphatic heterocycles. The van der Waals surface area contributed by atoms with E-state index in [0.29, 0.717) is 6.10 Å². The lowest BCUT2D eigenvalue weighted by atomic mass is 9.95. The second-order valence-electron chi connectivity index (χ2n) is 6.39. The Bertz CT molecular complexity index is 231. The van der Waals surface area contributed by atoms with Gasteiger partial charge in [-0.15, -0.1) is 0 Å². The lowest BCUT2D eigenvalue weighted by Crippen LogP contribution is -2.36. The first kappa shape index (κ1) is 14.3.